The SMILES string of the molecule is CCCCCCCCC(O)CN(CCSC(=O)CCC(=O)C(=O)SCCN(CC(O)CCCCCCCC)CC(O)CCCCCCCC)CC(O)CCCCCCCC. The van der Waals surface area contributed by atoms with Gasteiger partial charge in [0.25, 0.3) is 5.12 Å². The molecule has 4 atom stereocenters. The number of aliphatic hydroxyl groups excluding tert-OH is 4. The molecule has 4 N–H and O–H groups in total. The van der Waals surface area contributed by atoms with Crippen molar-refractivity contribution in [3.63, 3.8) is 0 Å². The minimum Gasteiger partial charge on any atom is -0.392 e. The van der Waals surface area contributed by atoms with E-state index in [9.17, 15) is 34.8 Å². The zero-order valence-electron chi connectivity index (χ0n) is 39.4. The van der Waals surface area contributed by atoms with Gasteiger partial charge in [0, 0.05) is 63.6 Å². The first kappa shape index (κ1) is 59.5. The van der Waals surface area contributed by atoms with Crippen LogP contribution in [0, 0.1) is 0 Å². The second kappa shape index (κ2) is 43.7. The second-order valence-corrected chi connectivity index (χ2v) is 19.9. The lowest BCUT2D eigenvalue weighted by atomic mass is 10.1. The molecule has 0 aliphatic rings. The molecule has 0 radical (unpaired) electrons. The van der Waals surface area contributed by atoms with Crippen LogP contribution in [0.3, 0.4) is 0 Å². The largest absolute Gasteiger partial charge is 0.392 e. The van der Waals surface area contributed by atoms with Crippen molar-refractivity contribution in [1.82, 2.24) is 9.80 Å². The van der Waals surface area contributed by atoms with Crippen LogP contribution in [0.1, 0.15) is 220 Å². The van der Waals surface area contributed by atoms with Crippen molar-refractivity contribution in [2.45, 2.75) is 245 Å². The number of carbonyl (C=O) groups is 3. The Labute approximate surface area is 378 Å². The van der Waals surface area contributed by atoms with Gasteiger partial charge in [-0.1, -0.05) is 205 Å². The van der Waals surface area contributed by atoms with E-state index >= 15 is 0 Å². The Kier molecular flexibility index (Phi) is 43.3. The number of nitrogens with zero attached hydrogens (tertiary/aromatic N) is 2. The lowest BCUT2D eigenvalue weighted by Gasteiger charge is -2.27. The summed E-state index contributed by atoms with van der Waals surface area (Å²) >= 11 is 2.12. The first-order valence-corrected chi connectivity index (χ1v) is 27.1. The smallest absolute Gasteiger partial charge is 0.255 e. The Bertz CT molecular complexity index is 945. The standard InChI is InChI=1S/C49H96N2O7S2/c1-5-9-13-17-21-25-29-43(52)39-50(40-44(53)30-26-22-18-14-10-6-2)35-37-59-48(57)34-33-47(56)49(58)60-38-36-51(41-45(54)31-27-23-19-15-11-7-3)42-46(55)32-28-24-20-16-12-8-4/h43-46,52-55H,5-42H2,1-4H3. The maximum Gasteiger partial charge on any atom is 0.255 e. The van der Waals surface area contributed by atoms with E-state index in [-0.39, 0.29) is 18.0 Å². The van der Waals surface area contributed by atoms with Crippen molar-refractivity contribution < 1.29 is 34.8 Å². The van der Waals surface area contributed by atoms with Crippen LogP contribution in [-0.4, -0.2) is 121 Å². The Balaban J connectivity index is 4.89. The Hall–Kier alpha value is -0.530. The predicted octanol–water partition coefficient (Wildman–Crippen LogP) is 10.9. The van der Waals surface area contributed by atoms with Crippen molar-refractivity contribution in [1.29, 1.82) is 0 Å². The van der Waals surface area contributed by atoms with Gasteiger partial charge in [-0.25, -0.2) is 0 Å². The topological polar surface area (TPSA) is 139 Å². The second-order valence-electron chi connectivity index (χ2n) is 17.6. The van der Waals surface area contributed by atoms with Crippen LogP contribution < -0.4 is 0 Å². The molecule has 11 heteroatoms. The number of hydrogen-bond donors (Lipinski definition) is 4. The maximum absolute atomic E-state index is 12.8. The van der Waals surface area contributed by atoms with Gasteiger partial charge >= 0.3 is 0 Å². The molecule has 0 fully saturated rings. The Morgan fingerprint density at radius 3 is 1.00 bits per heavy atom. The molecule has 0 aromatic heterocycles. The van der Waals surface area contributed by atoms with Gasteiger partial charge in [-0.15, -0.1) is 0 Å². The first-order valence-electron chi connectivity index (χ1n) is 25.1. The van der Waals surface area contributed by atoms with Gasteiger partial charge in [-0.05, 0) is 25.7 Å². The summed E-state index contributed by atoms with van der Waals surface area (Å²) < 4.78 is 0. The van der Waals surface area contributed by atoms with E-state index in [1.807, 2.05) is 4.90 Å². The van der Waals surface area contributed by atoms with Crippen LogP contribution in [0.4, 0.5) is 0 Å². The third-order valence-electron chi connectivity index (χ3n) is 11.5. The highest BCUT2D eigenvalue weighted by molar-refractivity contribution is 8.15. The molecule has 0 bridgehead atoms. The van der Waals surface area contributed by atoms with Gasteiger partial charge in [0.2, 0.25) is 5.78 Å². The molecule has 60 heavy (non-hydrogen) atoms. The number of aliphatic hydroxyl groups is 4. The summed E-state index contributed by atoms with van der Waals surface area (Å²) in [6, 6.07) is 0. The molecule has 0 saturated heterocycles. The van der Waals surface area contributed by atoms with Gasteiger partial charge in [0.05, 0.1) is 24.4 Å². The summed E-state index contributed by atoms with van der Waals surface area (Å²) in [6.07, 6.45) is 28.7. The highest BCUT2D eigenvalue weighted by Gasteiger charge is 2.21. The highest BCUT2D eigenvalue weighted by atomic mass is 32.2. The third-order valence-corrected chi connectivity index (χ3v) is 13.3. The summed E-state index contributed by atoms with van der Waals surface area (Å²) in [6.45, 7) is 11.7. The van der Waals surface area contributed by atoms with E-state index in [1.165, 1.54) is 103 Å². The van der Waals surface area contributed by atoms with Gasteiger partial charge in [0.15, 0.2) is 5.12 Å². The minimum absolute atomic E-state index is 0.00148. The Morgan fingerprint density at radius 2 is 0.683 bits per heavy atom. The average Bonchev–Trinajstić information content (AvgIpc) is 3.21. The fourth-order valence-corrected chi connectivity index (χ4v) is 9.36. The number of ketones is 1. The van der Waals surface area contributed by atoms with Gasteiger partial charge in [-0.2, -0.15) is 0 Å². The van der Waals surface area contributed by atoms with Crippen LogP contribution >= 0.6 is 23.5 Å². The molecule has 0 heterocycles. The normalized spacial score (nSPS) is 13.9. The summed E-state index contributed by atoms with van der Waals surface area (Å²) in [5.41, 5.74) is 0. The molecule has 0 amide bonds. The van der Waals surface area contributed by atoms with Gasteiger partial charge in [-0.3, -0.25) is 24.2 Å². The van der Waals surface area contributed by atoms with Crippen LogP contribution in [0.15, 0.2) is 0 Å². The summed E-state index contributed by atoms with van der Waals surface area (Å²) in [4.78, 5) is 42.5. The number of thioether (sulfide) groups is 2. The number of carbonyl (C=O) groups excluding carboxylic acids is 3. The van der Waals surface area contributed by atoms with Crippen LogP contribution in [0.5, 0.6) is 0 Å². The zero-order valence-corrected chi connectivity index (χ0v) is 41.0. The van der Waals surface area contributed by atoms with Crippen molar-refractivity contribution in [3.05, 3.63) is 0 Å². The molecule has 4 unspecified atom stereocenters. The molecular weight excluding hydrogens is 793 g/mol. The van der Waals surface area contributed by atoms with Crippen LogP contribution in [-0.2, 0) is 14.4 Å². The summed E-state index contributed by atoms with van der Waals surface area (Å²) in [5.74, 6) is 0.324. The Morgan fingerprint density at radius 1 is 0.400 bits per heavy atom. The lowest BCUT2D eigenvalue weighted by Crippen LogP contribution is -2.39. The third kappa shape index (κ3) is 39.1. The lowest BCUT2D eigenvalue weighted by molar-refractivity contribution is -0.132. The van der Waals surface area contributed by atoms with Crippen molar-refractivity contribution in [2.24, 2.45) is 0 Å². The summed E-state index contributed by atoms with van der Waals surface area (Å²) in [5, 5.41) is 42.7. The van der Waals surface area contributed by atoms with Crippen LogP contribution in [0.25, 0.3) is 0 Å². The monoisotopic (exact) mass is 889 g/mol. The first-order chi connectivity index (χ1) is 29.1. The molecule has 0 aromatic carbocycles. The summed E-state index contributed by atoms with van der Waals surface area (Å²) in [7, 11) is 0. The van der Waals surface area contributed by atoms with Gasteiger partial charge in [0.1, 0.15) is 0 Å². The molecule has 9 nitrogen and oxygen atoms in total. The molecule has 0 aliphatic carbocycles. The molecule has 0 aromatic rings. The average molecular weight is 889 g/mol. The maximum atomic E-state index is 12.8. The number of unbranched alkanes of at least 4 members (excludes halogenated alkanes) is 20. The number of hydrogen-bond acceptors (Lipinski definition) is 11. The van der Waals surface area contributed by atoms with Gasteiger partial charge < -0.3 is 20.4 Å². The molecule has 0 saturated carbocycles. The fraction of sp³-hybridized carbons (Fsp3) is 0.939. The predicted molar refractivity (Wildman–Crippen MR) is 258 cm³/mol. The van der Waals surface area contributed by atoms with E-state index in [0.717, 1.165) is 87.7 Å². The molecule has 0 spiro atoms. The van der Waals surface area contributed by atoms with E-state index in [0.29, 0.717) is 63.6 Å². The van der Waals surface area contributed by atoms with Crippen LogP contribution in [0.2, 0.25) is 0 Å². The van der Waals surface area contributed by atoms with E-state index in [1.54, 1.807) is 0 Å². The van der Waals surface area contributed by atoms with E-state index in [2.05, 4.69) is 32.6 Å². The van der Waals surface area contributed by atoms with E-state index in [4.69, 9.17) is 0 Å². The van der Waals surface area contributed by atoms with Crippen molar-refractivity contribution in [3.8, 4) is 0 Å². The highest BCUT2D eigenvalue weighted by Crippen LogP contribution is 2.17. The van der Waals surface area contributed by atoms with Crippen molar-refractivity contribution >= 4 is 39.5 Å². The van der Waals surface area contributed by atoms with E-state index < -0.39 is 35.3 Å². The number of Topliss-reactive ketones (excluding diaryl/α,β-unsaturated/α-hetero) is 1. The fourth-order valence-electron chi connectivity index (χ4n) is 7.74. The molecule has 356 valence electrons. The number of rotatable bonds is 46. The zero-order chi connectivity index (χ0) is 44.5. The quantitative estimate of drug-likeness (QED) is 0.0343. The minimum atomic E-state index is -0.552. The molecule has 0 aliphatic heterocycles. The molecular formula is C49H96N2O7S2. The molecule has 0 rings (SSSR count). The van der Waals surface area contributed by atoms with Crippen molar-refractivity contribution in [2.75, 3.05) is 50.8 Å².